The van der Waals surface area contributed by atoms with Crippen molar-refractivity contribution in [3.05, 3.63) is 22.1 Å². The fraction of sp³-hybridized carbons (Fsp3) is 0.840. The van der Waals surface area contributed by atoms with Crippen LogP contribution in [-0.4, -0.2) is 98.0 Å². The highest BCUT2D eigenvalue weighted by Crippen LogP contribution is 2.31. The SMILES string of the molecule is CS[C@H]1O[C@H]([C@H](NC(=O)[C@@H]2CC[C@H](CCCCO)CCN2Cc2oc(=O)oc2C)[C@H](C)Cl)[C@H](O)[C@H](O)[C@H]1O. The van der Waals surface area contributed by atoms with Crippen LogP contribution in [-0.2, 0) is 16.1 Å². The van der Waals surface area contributed by atoms with Crippen molar-refractivity contribution in [2.45, 2.75) is 106 Å². The van der Waals surface area contributed by atoms with Crippen molar-refractivity contribution in [1.29, 1.82) is 0 Å². The van der Waals surface area contributed by atoms with Gasteiger partial charge in [-0.2, -0.15) is 0 Å². The summed E-state index contributed by atoms with van der Waals surface area (Å²) in [6.45, 7) is 4.25. The molecule has 5 N–H and O–H groups in total. The van der Waals surface area contributed by atoms with Crippen molar-refractivity contribution in [1.82, 2.24) is 10.2 Å². The number of carbonyl (C=O) groups excluding carboxylic acids is 1. The zero-order valence-electron chi connectivity index (χ0n) is 22.1. The van der Waals surface area contributed by atoms with Crippen molar-refractivity contribution >= 4 is 29.3 Å². The van der Waals surface area contributed by atoms with Gasteiger partial charge in [0.1, 0.15) is 35.6 Å². The van der Waals surface area contributed by atoms with Gasteiger partial charge in [-0.1, -0.05) is 12.8 Å². The zero-order valence-corrected chi connectivity index (χ0v) is 23.7. The number of nitrogens with one attached hydrogen (secondary N) is 1. The van der Waals surface area contributed by atoms with Crippen molar-refractivity contribution in [2.75, 3.05) is 19.4 Å². The van der Waals surface area contributed by atoms with Crippen molar-refractivity contribution in [3.63, 3.8) is 0 Å². The first-order chi connectivity index (χ1) is 18.1. The molecule has 0 radical (unpaired) electrons. The fourth-order valence-electron chi connectivity index (χ4n) is 5.33. The van der Waals surface area contributed by atoms with Gasteiger partial charge in [0.05, 0.1) is 24.0 Å². The molecule has 11 nitrogen and oxygen atoms in total. The van der Waals surface area contributed by atoms with Crippen LogP contribution in [0.3, 0.4) is 0 Å². The first-order valence-electron chi connectivity index (χ1n) is 13.2. The number of amides is 1. The van der Waals surface area contributed by atoms with Crippen LogP contribution in [0.4, 0.5) is 0 Å². The van der Waals surface area contributed by atoms with E-state index in [4.69, 9.17) is 30.3 Å². The van der Waals surface area contributed by atoms with Crippen LogP contribution in [0.15, 0.2) is 13.6 Å². The van der Waals surface area contributed by atoms with E-state index >= 15 is 0 Å². The average molecular weight is 581 g/mol. The van der Waals surface area contributed by atoms with E-state index in [0.29, 0.717) is 30.4 Å². The van der Waals surface area contributed by atoms with E-state index < -0.39 is 53.1 Å². The molecule has 2 saturated heterocycles. The van der Waals surface area contributed by atoms with Gasteiger partial charge in [0.2, 0.25) is 5.91 Å². The van der Waals surface area contributed by atoms with Crippen LogP contribution >= 0.6 is 23.4 Å². The molecule has 0 bridgehead atoms. The molecule has 2 aliphatic heterocycles. The van der Waals surface area contributed by atoms with E-state index in [0.717, 1.165) is 32.1 Å². The molecule has 0 saturated carbocycles. The lowest BCUT2D eigenvalue weighted by atomic mass is 9.92. The minimum atomic E-state index is -1.46. The highest BCUT2D eigenvalue weighted by Gasteiger charge is 2.48. The van der Waals surface area contributed by atoms with E-state index in [1.807, 2.05) is 4.90 Å². The number of alkyl halides is 1. The summed E-state index contributed by atoms with van der Waals surface area (Å²) in [5, 5.41) is 42.8. The Morgan fingerprint density at radius 2 is 1.89 bits per heavy atom. The standard InChI is InChI=1S/C25H41ClN2O9S/c1-13(26)18(22-20(31)19(30)21(32)24(37-22)38-3)27-23(33)16-8-7-15(6-4-5-11-29)9-10-28(16)12-17-14(2)35-25(34)36-17/h13,15-16,18-22,24,29-32H,4-12H2,1-3H3,(H,27,33)/t13-,15-,16-,18+,19-,20+,21+,22+,24+/m0/s1. The third-order valence-corrected chi connectivity index (χ3v) is 8.74. The number of aliphatic hydroxyl groups excluding tert-OH is 4. The smallest absolute Gasteiger partial charge is 0.396 e. The highest BCUT2D eigenvalue weighted by molar-refractivity contribution is 7.99. The molecule has 0 spiro atoms. The van der Waals surface area contributed by atoms with Crippen molar-refractivity contribution < 1.29 is 38.8 Å². The van der Waals surface area contributed by atoms with Gasteiger partial charge in [-0.05, 0) is 58.2 Å². The predicted molar refractivity (Wildman–Crippen MR) is 142 cm³/mol. The second kappa shape index (κ2) is 14.5. The lowest BCUT2D eigenvalue weighted by molar-refractivity contribution is -0.205. The molecule has 13 heteroatoms. The van der Waals surface area contributed by atoms with Gasteiger partial charge >= 0.3 is 5.82 Å². The molecule has 1 aromatic heterocycles. The first kappa shape index (κ1) is 31.4. The molecule has 218 valence electrons. The molecule has 2 aliphatic rings. The molecule has 3 rings (SSSR count). The van der Waals surface area contributed by atoms with E-state index in [1.165, 1.54) is 11.8 Å². The Morgan fingerprint density at radius 3 is 2.50 bits per heavy atom. The lowest BCUT2D eigenvalue weighted by Crippen LogP contribution is -2.65. The summed E-state index contributed by atoms with van der Waals surface area (Å²) >= 11 is 7.65. The topological polar surface area (TPSA) is 166 Å². The second-order valence-electron chi connectivity index (χ2n) is 10.3. The number of halogens is 1. The Balaban J connectivity index is 1.80. The monoisotopic (exact) mass is 580 g/mol. The van der Waals surface area contributed by atoms with E-state index in [9.17, 15) is 24.9 Å². The number of hydrogen-bond donors (Lipinski definition) is 5. The van der Waals surface area contributed by atoms with Crippen LogP contribution in [0, 0.1) is 12.8 Å². The predicted octanol–water partition coefficient (Wildman–Crippen LogP) is 0.957. The first-order valence-corrected chi connectivity index (χ1v) is 14.9. The number of ether oxygens (including phenoxy) is 1. The van der Waals surface area contributed by atoms with Crippen LogP contribution in [0.25, 0.3) is 0 Å². The molecule has 38 heavy (non-hydrogen) atoms. The summed E-state index contributed by atoms with van der Waals surface area (Å²) in [7, 11) is 0. The van der Waals surface area contributed by atoms with Crippen LogP contribution < -0.4 is 11.1 Å². The average Bonchev–Trinajstić information content (AvgIpc) is 3.06. The third-order valence-electron chi connectivity index (χ3n) is 7.62. The number of carbonyl (C=O) groups is 1. The summed E-state index contributed by atoms with van der Waals surface area (Å²) in [5.74, 6) is -0.0123. The summed E-state index contributed by atoms with van der Waals surface area (Å²) < 4.78 is 16.1. The number of thioether (sulfide) groups is 1. The van der Waals surface area contributed by atoms with Gasteiger partial charge in [0.25, 0.3) is 0 Å². The molecule has 1 aromatic rings. The summed E-state index contributed by atoms with van der Waals surface area (Å²) in [5.41, 5.74) is -0.797. The molecule has 0 unspecified atom stereocenters. The van der Waals surface area contributed by atoms with Gasteiger partial charge in [-0.15, -0.1) is 23.4 Å². The number of aryl methyl sites for hydroxylation is 1. The van der Waals surface area contributed by atoms with E-state index in [1.54, 1.807) is 20.1 Å². The van der Waals surface area contributed by atoms with Crippen LogP contribution in [0.5, 0.6) is 0 Å². The molecule has 3 heterocycles. The summed E-state index contributed by atoms with van der Waals surface area (Å²) in [6, 6.07) is -1.43. The van der Waals surface area contributed by atoms with Crippen molar-refractivity contribution in [2.24, 2.45) is 5.92 Å². The van der Waals surface area contributed by atoms with Gasteiger partial charge in [-0.25, -0.2) is 4.79 Å². The number of rotatable bonds is 11. The van der Waals surface area contributed by atoms with Gasteiger partial charge in [-0.3, -0.25) is 9.69 Å². The molecular formula is C25H41ClN2O9S. The van der Waals surface area contributed by atoms with Gasteiger partial charge in [0, 0.05) is 6.61 Å². The summed E-state index contributed by atoms with van der Waals surface area (Å²) in [6.07, 6.45) is 1.25. The minimum Gasteiger partial charge on any atom is -0.396 e. The van der Waals surface area contributed by atoms with Gasteiger partial charge in [0.15, 0.2) is 5.76 Å². The van der Waals surface area contributed by atoms with Crippen molar-refractivity contribution in [3.8, 4) is 0 Å². The number of nitrogens with zero attached hydrogens (tertiary/aromatic N) is 1. The molecule has 9 atom stereocenters. The highest BCUT2D eigenvalue weighted by atomic mass is 35.5. The van der Waals surface area contributed by atoms with Gasteiger partial charge < -0.3 is 39.3 Å². The minimum absolute atomic E-state index is 0.152. The molecule has 0 aromatic carbocycles. The molecule has 0 aliphatic carbocycles. The lowest BCUT2D eigenvalue weighted by Gasteiger charge is -2.44. The number of unbranched alkanes of at least 4 members (excludes halogenated alkanes) is 1. The van der Waals surface area contributed by atoms with Crippen LogP contribution in [0.1, 0.15) is 57.0 Å². The molecule has 2 fully saturated rings. The Labute approximate surface area is 231 Å². The normalized spacial score (nSPS) is 32.5. The van der Waals surface area contributed by atoms with E-state index in [2.05, 4.69) is 5.32 Å². The maximum Gasteiger partial charge on any atom is 0.519 e. The number of aliphatic hydroxyl groups is 4. The maximum atomic E-state index is 13.8. The zero-order chi connectivity index (χ0) is 28.0. The van der Waals surface area contributed by atoms with E-state index in [-0.39, 0.29) is 19.1 Å². The largest absolute Gasteiger partial charge is 0.519 e. The Bertz CT molecular complexity index is 942. The quantitative estimate of drug-likeness (QED) is 0.187. The molecule has 1 amide bonds. The Hall–Kier alpha value is -1.12. The van der Waals surface area contributed by atoms with Crippen LogP contribution in [0.2, 0.25) is 0 Å². The number of likely N-dealkylation sites (tertiary alicyclic amines) is 1. The maximum absolute atomic E-state index is 13.8. The third kappa shape index (κ3) is 7.75. The Kier molecular flexibility index (Phi) is 12.0. The fourth-order valence-corrected chi connectivity index (χ4v) is 6.22. The summed E-state index contributed by atoms with van der Waals surface area (Å²) in [4.78, 5) is 27.3. The number of hydrogen-bond acceptors (Lipinski definition) is 11. The second-order valence-corrected chi connectivity index (χ2v) is 11.9. The Morgan fingerprint density at radius 1 is 1.16 bits per heavy atom. The molecular weight excluding hydrogens is 540 g/mol.